The first-order valence-electron chi connectivity index (χ1n) is 4.85. The number of hydrogen-bond acceptors (Lipinski definition) is 2. The van der Waals surface area contributed by atoms with Crippen LogP contribution in [0.3, 0.4) is 0 Å². The number of halogens is 3. The number of carboxylic acids is 1. The van der Waals surface area contributed by atoms with Crippen molar-refractivity contribution in [3.05, 3.63) is 28.4 Å². The molecule has 1 amide bonds. The fraction of sp³-hybridized carbons (Fsp3) is 0.273. The smallest absolute Gasteiger partial charge is 0.328 e. The van der Waals surface area contributed by atoms with E-state index in [-0.39, 0.29) is 5.91 Å². The Labute approximate surface area is 146 Å². The highest BCUT2D eigenvalue weighted by atomic mass is 127. The molecule has 0 atom stereocenters. The first kappa shape index (κ1) is 16.4. The number of carbonyl (C=O) groups is 2. The molecule has 1 aromatic rings. The van der Waals surface area contributed by atoms with Gasteiger partial charge in [-0.15, -0.1) is 0 Å². The summed E-state index contributed by atoms with van der Waals surface area (Å²) in [5, 5.41) is 11.5. The Morgan fingerprint density at radius 1 is 1.22 bits per heavy atom. The van der Waals surface area contributed by atoms with E-state index in [1.807, 2.05) is 6.07 Å². The van der Waals surface area contributed by atoms with Gasteiger partial charge in [0, 0.05) is 10.7 Å². The summed E-state index contributed by atoms with van der Waals surface area (Å²) in [5.74, 6) is -1.44. The van der Waals surface area contributed by atoms with Gasteiger partial charge in [0.15, 0.2) is 0 Å². The van der Waals surface area contributed by atoms with Gasteiger partial charge in [-0.25, -0.2) is 4.79 Å². The molecule has 18 heavy (non-hydrogen) atoms. The number of nitrogens with one attached hydrogen (secondary N) is 1. The SMILES string of the molecule is CC(C)(NC(=O)c1cc(I)cc(I)c1I)C(=O)O. The Hall–Kier alpha value is 0.350. The third-order valence-electron chi connectivity index (χ3n) is 2.20. The number of carboxylic acid groups (broad SMARTS) is 1. The van der Waals surface area contributed by atoms with E-state index in [0.29, 0.717) is 5.56 Å². The standard InChI is InChI=1S/C11H10I3NO3/c1-11(2,10(17)18)15-9(16)6-3-5(12)4-7(13)8(6)14/h3-4H,1-2H3,(H,15,16)(H,17,18). The summed E-state index contributed by atoms with van der Waals surface area (Å²) < 4.78 is 2.74. The van der Waals surface area contributed by atoms with Gasteiger partial charge in [-0.05, 0) is 93.8 Å². The van der Waals surface area contributed by atoms with Crippen molar-refractivity contribution in [2.75, 3.05) is 0 Å². The molecule has 98 valence electrons. The third-order valence-corrected chi connectivity index (χ3v) is 5.87. The van der Waals surface area contributed by atoms with Gasteiger partial charge in [0.2, 0.25) is 0 Å². The molecule has 4 nitrogen and oxygen atoms in total. The Morgan fingerprint density at radius 3 is 2.28 bits per heavy atom. The topological polar surface area (TPSA) is 66.4 Å². The number of carbonyl (C=O) groups excluding carboxylic acids is 1. The number of rotatable bonds is 3. The van der Waals surface area contributed by atoms with Crippen LogP contribution in [0.5, 0.6) is 0 Å². The number of benzene rings is 1. The summed E-state index contributed by atoms with van der Waals surface area (Å²) in [4.78, 5) is 23.1. The van der Waals surface area contributed by atoms with Crippen LogP contribution in [0.25, 0.3) is 0 Å². The summed E-state index contributed by atoms with van der Waals surface area (Å²) >= 11 is 6.36. The Kier molecular flexibility index (Phi) is 5.65. The van der Waals surface area contributed by atoms with Gasteiger partial charge in [0.1, 0.15) is 5.54 Å². The van der Waals surface area contributed by atoms with Gasteiger partial charge >= 0.3 is 5.97 Å². The molecule has 0 saturated heterocycles. The number of amides is 1. The molecule has 7 heteroatoms. The largest absolute Gasteiger partial charge is 0.480 e. The van der Waals surface area contributed by atoms with E-state index in [0.717, 1.165) is 10.7 Å². The molecule has 0 fully saturated rings. The lowest BCUT2D eigenvalue weighted by Crippen LogP contribution is -2.49. The summed E-state index contributed by atoms with van der Waals surface area (Å²) in [5.41, 5.74) is -0.784. The molecule has 0 bridgehead atoms. The predicted octanol–water partition coefficient (Wildman–Crippen LogP) is 3.09. The molecule has 0 saturated carbocycles. The number of hydrogen-bond donors (Lipinski definition) is 2. The van der Waals surface area contributed by atoms with Crippen LogP contribution in [0.4, 0.5) is 0 Å². The van der Waals surface area contributed by atoms with Gasteiger partial charge in [-0.1, -0.05) is 0 Å². The molecule has 0 spiro atoms. The zero-order valence-electron chi connectivity index (χ0n) is 9.55. The second-order valence-electron chi connectivity index (χ2n) is 4.13. The van der Waals surface area contributed by atoms with Crippen molar-refractivity contribution in [3.63, 3.8) is 0 Å². The highest BCUT2D eigenvalue weighted by Crippen LogP contribution is 2.23. The molecule has 0 radical (unpaired) electrons. The lowest BCUT2D eigenvalue weighted by atomic mass is 10.1. The van der Waals surface area contributed by atoms with Crippen LogP contribution in [-0.2, 0) is 4.79 Å². The molecular weight excluding hydrogens is 575 g/mol. The van der Waals surface area contributed by atoms with Crippen molar-refractivity contribution >= 4 is 79.6 Å². The summed E-state index contributed by atoms with van der Waals surface area (Å²) in [6.45, 7) is 2.91. The minimum absolute atomic E-state index is 0.372. The minimum Gasteiger partial charge on any atom is -0.480 e. The Bertz CT molecular complexity index is 515. The van der Waals surface area contributed by atoms with Crippen molar-refractivity contribution in [2.45, 2.75) is 19.4 Å². The highest BCUT2D eigenvalue weighted by Gasteiger charge is 2.30. The zero-order chi connectivity index (χ0) is 14.1. The molecule has 1 rings (SSSR count). The number of aliphatic carboxylic acids is 1. The molecule has 0 unspecified atom stereocenters. The maximum Gasteiger partial charge on any atom is 0.328 e. The van der Waals surface area contributed by atoms with Gasteiger partial charge in [-0.2, -0.15) is 0 Å². The van der Waals surface area contributed by atoms with Crippen LogP contribution in [-0.4, -0.2) is 22.5 Å². The average molecular weight is 585 g/mol. The summed E-state index contributed by atoms with van der Waals surface area (Å²) in [7, 11) is 0. The van der Waals surface area contributed by atoms with Crippen LogP contribution in [0, 0.1) is 10.7 Å². The van der Waals surface area contributed by atoms with Crippen molar-refractivity contribution in [3.8, 4) is 0 Å². The lowest BCUT2D eigenvalue weighted by Gasteiger charge is -2.21. The van der Waals surface area contributed by atoms with Crippen LogP contribution in [0.1, 0.15) is 24.2 Å². The van der Waals surface area contributed by atoms with Gasteiger partial charge < -0.3 is 10.4 Å². The molecular formula is C11H10I3NO3. The Morgan fingerprint density at radius 2 is 1.78 bits per heavy atom. The second-order valence-corrected chi connectivity index (χ2v) is 7.62. The summed E-state index contributed by atoms with van der Waals surface area (Å²) in [6, 6.07) is 3.71. The quantitative estimate of drug-likeness (QED) is 0.424. The van der Waals surface area contributed by atoms with Crippen molar-refractivity contribution < 1.29 is 14.7 Å². The molecule has 0 aliphatic rings. The molecule has 2 N–H and O–H groups in total. The predicted molar refractivity (Wildman–Crippen MR) is 93.8 cm³/mol. The lowest BCUT2D eigenvalue weighted by molar-refractivity contribution is -0.143. The Balaban J connectivity index is 3.09. The van der Waals surface area contributed by atoms with Gasteiger partial charge in [0.25, 0.3) is 5.91 Å². The monoisotopic (exact) mass is 585 g/mol. The van der Waals surface area contributed by atoms with E-state index in [9.17, 15) is 9.59 Å². The van der Waals surface area contributed by atoms with Gasteiger partial charge in [-0.3, -0.25) is 4.79 Å². The molecule has 0 aliphatic heterocycles. The van der Waals surface area contributed by atoms with E-state index in [2.05, 4.69) is 73.1 Å². The fourth-order valence-electron chi connectivity index (χ4n) is 1.13. The molecule has 1 aromatic carbocycles. The van der Waals surface area contributed by atoms with Crippen LogP contribution in [0.15, 0.2) is 12.1 Å². The summed E-state index contributed by atoms with van der Waals surface area (Å²) in [6.07, 6.45) is 0. The van der Waals surface area contributed by atoms with Crippen molar-refractivity contribution in [1.82, 2.24) is 5.32 Å². The maximum atomic E-state index is 12.1. The van der Waals surface area contributed by atoms with Crippen LogP contribution >= 0.6 is 67.8 Å². The van der Waals surface area contributed by atoms with Crippen molar-refractivity contribution in [2.24, 2.45) is 0 Å². The third kappa shape index (κ3) is 3.92. The maximum absolute atomic E-state index is 12.1. The normalized spacial score (nSPS) is 11.2. The van der Waals surface area contributed by atoms with Crippen LogP contribution in [0.2, 0.25) is 0 Å². The molecule has 0 aliphatic carbocycles. The molecule has 0 heterocycles. The van der Waals surface area contributed by atoms with Gasteiger partial charge in [0.05, 0.1) is 5.56 Å². The van der Waals surface area contributed by atoms with E-state index in [1.165, 1.54) is 13.8 Å². The second kappa shape index (κ2) is 6.20. The first-order valence-corrected chi connectivity index (χ1v) is 8.09. The molecule has 0 aromatic heterocycles. The van der Waals surface area contributed by atoms with E-state index in [1.54, 1.807) is 6.07 Å². The zero-order valence-corrected chi connectivity index (χ0v) is 16.0. The highest BCUT2D eigenvalue weighted by molar-refractivity contribution is 14.1. The first-order chi connectivity index (χ1) is 8.15. The fourth-order valence-corrected chi connectivity index (χ4v) is 3.53. The minimum atomic E-state index is -1.28. The van der Waals surface area contributed by atoms with E-state index >= 15 is 0 Å². The van der Waals surface area contributed by atoms with E-state index in [4.69, 9.17) is 5.11 Å². The van der Waals surface area contributed by atoms with E-state index < -0.39 is 11.5 Å². The van der Waals surface area contributed by atoms with Crippen molar-refractivity contribution in [1.29, 1.82) is 0 Å². The van der Waals surface area contributed by atoms with Crippen LogP contribution < -0.4 is 5.32 Å². The average Bonchev–Trinajstić information content (AvgIpc) is 2.22.